The van der Waals surface area contributed by atoms with E-state index in [0.29, 0.717) is 6.42 Å². The zero-order valence-corrected chi connectivity index (χ0v) is 11.9. The SMILES string of the molecule is N#Cc1c(F)cccc1NS(=O)(=O)CCc1ccccc1. The first-order valence-corrected chi connectivity index (χ1v) is 7.90. The predicted octanol–water partition coefficient (Wildman–Crippen LogP) is 2.68. The van der Waals surface area contributed by atoms with E-state index in [1.54, 1.807) is 6.07 Å². The van der Waals surface area contributed by atoms with Crippen molar-refractivity contribution >= 4 is 15.7 Å². The van der Waals surface area contributed by atoms with E-state index in [2.05, 4.69) is 4.72 Å². The number of benzene rings is 2. The van der Waals surface area contributed by atoms with Crippen molar-refractivity contribution in [2.45, 2.75) is 6.42 Å². The molecule has 0 radical (unpaired) electrons. The summed E-state index contributed by atoms with van der Waals surface area (Å²) in [5.74, 6) is -0.890. The lowest BCUT2D eigenvalue weighted by Crippen LogP contribution is -2.19. The van der Waals surface area contributed by atoms with Gasteiger partial charge in [0.05, 0.1) is 11.4 Å². The fourth-order valence-corrected chi connectivity index (χ4v) is 2.95. The molecular formula is C15H13FN2O2S. The van der Waals surface area contributed by atoms with Crippen molar-refractivity contribution < 1.29 is 12.8 Å². The second-order valence-electron chi connectivity index (χ2n) is 4.43. The molecule has 0 aliphatic carbocycles. The molecule has 0 unspecified atom stereocenters. The van der Waals surface area contributed by atoms with Gasteiger partial charge in [0.15, 0.2) is 0 Å². The van der Waals surface area contributed by atoms with Gasteiger partial charge in [0.25, 0.3) is 0 Å². The largest absolute Gasteiger partial charge is 0.282 e. The molecular weight excluding hydrogens is 291 g/mol. The summed E-state index contributed by atoms with van der Waals surface area (Å²) in [5, 5.41) is 8.88. The zero-order chi connectivity index (χ0) is 15.3. The van der Waals surface area contributed by atoms with E-state index in [4.69, 9.17) is 5.26 Å². The standard InChI is InChI=1S/C15H13FN2O2S/c16-14-7-4-8-15(13(14)11-17)18-21(19,20)10-9-12-5-2-1-3-6-12/h1-8,18H,9-10H2. The van der Waals surface area contributed by atoms with Crippen LogP contribution in [0.1, 0.15) is 11.1 Å². The summed E-state index contributed by atoms with van der Waals surface area (Å²) in [4.78, 5) is 0. The number of hydrogen-bond acceptors (Lipinski definition) is 3. The highest BCUT2D eigenvalue weighted by Crippen LogP contribution is 2.19. The first kappa shape index (κ1) is 15.0. The maximum atomic E-state index is 13.4. The number of nitriles is 1. The van der Waals surface area contributed by atoms with E-state index >= 15 is 0 Å². The third-order valence-corrected chi connectivity index (χ3v) is 4.17. The number of rotatable bonds is 5. The fourth-order valence-electron chi connectivity index (χ4n) is 1.84. The Morgan fingerprint density at radius 1 is 1.10 bits per heavy atom. The minimum Gasteiger partial charge on any atom is -0.282 e. The van der Waals surface area contributed by atoms with Crippen molar-refractivity contribution in [1.82, 2.24) is 0 Å². The maximum Gasteiger partial charge on any atom is 0.233 e. The number of hydrogen-bond donors (Lipinski definition) is 1. The Balaban J connectivity index is 2.12. The van der Waals surface area contributed by atoms with Gasteiger partial charge in [-0.25, -0.2) is 12.8 Å². The Hall–Kier alpha value is -2.39. The molecule has 21 heavy (non-hydrogen) atoms. The van der Waals surface area contributed by atoms with E-state index < -0.39 is 15.8 Å². The molecule has 0 heterocycles. The summed E-state index contributed by atoms with van der Waals surface area (Å²) in [6, 6.07) is 14.7. The van der Waals surface area contributed by atoms with Gasteiger partial charge in [-0.2, -0.15) is 5.26 Å². The second kappa shape index (κ2) is 6.37. The summed E-state index contributed by atoms with van der Waals surface area (Å²) in [6.45, 7) is 0. The van der Waals surface area contributed by atoms with Crippen molar-refractivity contribution in [3.8, 4) is 6.07 Å². The van der Waals surface area contributed by atoms with Crippen LogP contribution in [-0.4, -0.2) is 14.2 Å². The highest BCUT2D eigenvalue weighted by atomic mass is 32.2. The lowest BCUT2D eigenvalue weighted by atomic mass is 10.2. The van der Waals surface area contributed by atoms with Gasteiger partial charge in [-0.15, -0.1) is 0 Å². The summed E-state index contributed by atoms with van der Waals surface area (Å²) in [7, 11) is -3.65. The van der Waals surface area contributed by atoms with Crippen LogP contribution in [0.3, 0.4) is 0 Å². The molecule has 6 heteroatoms. The zero-order valence-electron chi connectivity index (χ0n) is 11.1. The number of halogens is 1. The summed E-state index contributed by atoms with van der Waals surface area (Å²) in [6.07, 6.45) is 0.341. The molecule has 0 fully saturated rings. The van der Waals surface area contributed by atoms with Crippen molar-refractivity contribution in [2.24, 2.45) is 0 Å². The van der Waals surface area contributed by atoms with Crippen molar-refractivity contribution in [1.29, 1.82) is 5.26 Å². The van der Waals surface area contributed by atoms with Gasteiger partial charge in [-0.1, -0.05) is 36.4 Å². The van der Waals surface area contributed by atoms with Crippen LogP contribution in [-0.2, 0) is 16.4 Å². The number of nitrogens with one attached hydrogen (secondary N) is 1. The van der Waals surface area contributed by atoms with Gasteiger partial charge in [0.1, 0.15) is 17.4 Å². The summed E-state index contributed by atoms with van der Waals surface area (Å²) in [5.41, 5.74) is 0.550. The number of nitrogens with zero attached hydrogens (tertiary/aromatic N) is 1. The van der Waals surface area contributed by atoms with Crippen LogP contribution < -0.4 is 4.72 Å². The first-order chi connectivity index (χ1) is 10.0. The quantitative estimate of drug-likeness (QED) is 0.923. The Labute approximate surface area is 122 Å². The minimum absolute atomic E-state index is 0.0365. The molecule has 0 spiro atoms. The molecule has 0 saturated carbocycles. The van der Waals surface area contributed by atoms with Gasteiger partial charge in [0, 0.05) is 0 Å². The lowest BCUT2D eigenvalue weighted by Gasteiger charge is -2.09. The van der Waals surface area contributed by atoms with Gasteiger partial charge in [0.2, 0.25) is 10.0 Å². The molecule has 0 aromatic heterocycles. The van der Waals surface area contributed by atoms with Crippen LogP contribution in [0.4, 0.5) is 10.1 Å². The molecule has 2 aromatic rings. The molecule has 0 amide bonds. The fraction of sp³-hybridized carbons (Fsp3) is 0.133. The molecule has 0 atom stereocenters. The van der Waals surface area contributed by atoms with E-state index in [0.717, 1.165) is 11.6 Å². The smallest absolute Gasteiger partial charge is 0.233 e. The molecule has 0 aliphatic heterocycles. The Bertz CT molecular complexity index is 768. The first-order valence-electron chi connectivity index (χ1n) is 6.25. The lowest BCUT2D eigenvalue weighted by molar-refractivity contribution is 0.600. The normalized spacial score (nSPS) is 10.9. The van der Waals surface area contributed by atoms with Crippen LogP contribution in [0.15, 0.2) is 48.5 Å². The number of anilines is 1. The van der Waals surface area contributed by atoms with Crippen LogP contribution in [0.25, 0.3) is 0 Å². The molecule has 2 aromatic carbocycles. The molecule has 4 nitrogen and oxygen atoms in total. The highest BCUT2D eigenvalue weighted by molar-refractivity contribution is 7.92. The average Bonchev–Trinajstić information content (AvgIpc) is 2.46. The highest BCUT2D eigenvalue weighted by Gasteiger charge is 2.15. The molecule has 2 rings (SSSR count). The maximum absolute atomic E-state index is 13.4. The van der Waals surface area contributed by atoms with Gasteiger partial charge < -0.3 is 0 Å². The topological polar surface area (TPSA) is 70.0 Å². The van der Waals surface area contributed by atoms with Gasteiger partial charge in [-0.05, 0) is 24.1 Å². The monoisotopic (exact) mass is 304 g/mol. The Morgan fingerprint density at radius 3 is 2.48 bits per heavy atom. The van der Waals surface area contributed by atoms with Gasteiger partial charge >= 0.3 is 0 Å². The van der Waals surface area contributed by atoms with Gasteiger partial charge in [-0.3, -0.25) is 4.72 Å². The minimum atomic E-state index is -3.65. The number of sulfonamides is 1. The van der Waals surface area contributed by atoms with E-state index in [9.17, 15) is 12.8 Å². The van der Waals surface area contributed by atoms with Crippen LogP contribution >= 0.6 is 0 Å². The Morgan fingerprint density at radius 2 is 1.81 bits per heavy atom. The molecule has 1 N–H and O–H groups in total. The van der Waals surface area contributed by atoms with Crippen molar-refractivity contribution in [2.75, 3.05) is 10.5 Å². The van der Waals surface area contributed by atoms with E-state index in [1.807, 2.05) is 30.3 Å². The van der Waals surface area contributed by atoms with E-state index in [-0.39, 0.29) is 17.0 Å². The summed E-state index contributed by atoms with van der Waals surface area (Å²) < 4.78 is 39.7. The third kappa shape index (κ3) is 4.04. The average molecular weight is 304 g/mol. The van der Waals surface area contributed by atoms with E-state index in [1.165, 1.54) is 12.1 Å². The van der Waals surface area contributed by atoms with Crippen molar-refractivity contribution in [3.63, 3.8) is 0 Å². The predicted molar refractivity (Wildman–Crippen MR) is 78.7 cm³/mol. The molecule has 0 aliphatic rings. The second-order valence-corrected chi connectivity index (χ2v) is 6.27. The van der Waals surface area contributed by atoms with Crippen molar-refractivity contribution in [3.05, 3.63) is 65.5 Å². The third-order valence-electron chi connectivity index (χ3n) is 2.89. The molecule has 108 valence electrons. The van der Waals surface area contributed by atoms with Crippen LogP contribution in [0, 0.1) is 17.1 Å². The Kier molecular flexibility index (Phi) is 4.55. The van der Waals surface area contributed by atoms with Crippen LogP contribution in [0.2, 0.25) is 0 Å². The van der Waals surface area contributed by atoms with Crippen LogP contribution in [0.5, 0.6) is 0 Å². The molecule has 0 saturated heterocycles. The summed E-state index contributed by atoms with van der Waals surface area (Å²) >= 11 is 0. The molecule has 0 bridgehead atoms. The number of aryl methyl sites for hydroxylation is 1.